The normalized spacial score (nSPS) is 23.8. The van der Waals surface area contributed by atoms with Crippen molar-refractivity contribution in [1.29, 1.82) is 10.5 Å². The van der Waals surface area contributed by atoms with E-state index in [1.54, 1.807) is 12.1 Å². The van der Waals surface area contributed by atoms with Gasteiger partial charge >= 0.3 is 0 Å². The average molecular weight is 292 g/mol. The number of carbonyl (C=O) groups is 1. The summed E-state index contributed by atoms with van der Waals surface area (Å²) in [5.74, 6) is -1.35. The number of rotatable bonds is 1. The standard InChI is InChI=1S/C16H12N4O2/c1-8-3-4-10-11(5-8)19-20-14(10)13-12(9(6-17)7-18)15(21)16(13,2)22/h3-5,13,22H,1-2H3,(H,19,20). The number of hydrogen-bond donors (Lipinski definition) is 2. The molecule has 2 atom stereocenters. The molecule has 0 aliphatic heterocycles. The molecule has 1 aromatic carbocycles. The molecule has 3 rings (SSSR count). The predicted molar refractivity (Wildman–Crippen MR) is 77.5 cm³/mol. The second kappa shape index (κ2) is 4.52. The molecule has 6 heteroatoms. The minimum atomic E-state index is -1.65. The summed E-state index contributed by atoms with van der Waals surface area (Å²) in [6, 6.07) is 9.07. The fraction of sp³-hybridized carbons (Fsp3) is 0.250. The summed E-state index contributed by atoms with van der Waals surface area (Å²) in [5.41, 5.74) is 0.404. The van der Waals surface area contributed by atoms with E-state index in [1.165, 1.54) is 6.92 Å². The Labute approximate surface area is 126 Å². The van der Waals surface area contributed by atoms with Gasteiger partial charge in [0, 0.05) is 11.0 Å². The molecule has 0 spiro atoms. The number of benzene rings is 1. The summed E-state index contributed by atoms with van der Waals surface area (Å²) in [4.78, 5) is 12.1. The van der Waals surface area contributed by atoms with Crippen LogP contribution in [0, 0.1) is 29.6 Å². The van der Waals surface area contributed by atoms with Gasteiger partial charge in [0.2, 0.25) is 0 Å². The summed E-state index contributed by atoms with van der Waals surface area (Å²) in [6.07, 6.45) is 0. The maximum Gasteiger partial charge on any atom is 0.193 e. The number of nitriles is 2. The van der Waals surface area contributed by atoms with Crippen LogP contribution in [0.4, 0.5) is 0 Å². The summed E-state index contributed by atoms with van der Waals surface area (Å²) in [7, 11) is 0. The van der Waals surface area contributed by atoms with Gasteiger partial charge in [-0.1, -0.05) is 12.1 Å². The second-order valence-corrected chi connectivity index (χ2v) is 5.58. The molecule has 0 amide bonds. The Kier molecular flexibility index (Phi) is 2.88. The van der Waals surface area contributed by atoms with Crippen molar-refractivity contribution in [3.05, 3.63) is 40.6 Å². The van der Waals surface area contributed by atoms with Gasteiger partial charge < -0.3 is 5.11 Å². The molecule has 2 unspecified atom stereocenters. The molecule has 108 valence electrons. The number of H-pyrrole nitrogens is 1. The minimum absolute atomic E-state index is 0.0427. The number of nitrogens with zero attached hydrogens (tertiary/aromatic N) is 3. The lowest BCUT2D eigenvalue weighted by Gasteiger charge is -2.42. The lowest BCUT2D eigenvalue weighted by atomic mass is 9.62. The van der Waals surface area contributed by atoms with Gasteiger partial charge in [0.1, 0.15) is 23.3 Å². The first kappa shape index (κ1) is 14.0. The number of aromatic nitrogens is 2. The van der Waals surface area contributed by atoms with Gasteiger partial charge in [0.15, 0.2) is 5.78 Å². The van der Waals surface area contributed by atoms with Gasteiger partial charge in [-0.25, -0.2) is 0 Å². The Morgan fingerprint density at radius 3 is 2.73 bits per heavy atom. The fourth-order valence-corrected chi connectivity index (χ4v) is 2.93. The fourth-order valence-electron chi connectivity index (χ4n) is 2.93. The van der Waals surface area contributed by atoms with Crippen LogP contribution in [0.5, 0.6) is 0 Å². The van der Waals surface area contributed by atoms with E-state index < -0.39 is 17.3 Å². The highest BCUT2D eigenvalue weighted by Crippen LogP contribution is 2.49. The lowest BCUT2D eigenvalue weighted by molar-refractivity contribution is -0.142. The molecule has 1 saturated carbocycles. The average Bonchev–Trinajstić information content (AvgIpc) is 2.89. The molecule has 2 aromatic rings. The highest BCUT2D eigenvalue weighted by Gasteiger charge is 2.57. The molecule has 1 fully saturated rings. The van der Waals surface area contributed by atoms with Gasteiger partial charge in [0.25, 0.3) is 0 Å². The number of nitrogens with one attached hydrogen (secondary N) is 1. The van der Waals surface area contributed by atoms with Crippen molar-refractivity contribution < 1.29 is 9.90 Å². The van der Waals surface area contributed by atoms with Gasteiger partial charge in [-0.3, -0.25) is 9.89 Å². The maximum absolute atomic E-state index is 12.1. The predicted octanol–water partition coefficient (Wildman–Crippen LogP) is 1.63. The Morgan fingerprint density at radius 1 is 1.41 bits per heavy atom. The number of carbonyl (C=O) groups excluding carboxylic acids is 1. The highest BCUT2D eigenvalue weighted by molar-refractivity contribution is 6.14. The topological polar surface area (TPSA) is 114 Å². The van der Waals surface area contributed by atoms with Crippen LogP contribution in [-0.4, -0.2) is 26.7 Å². The zero-order valence-electron chi connectivity index (χ0n) is 12.0. The molecule has 0 radical (unpaired) electrons. The van der Waals surface area contributed by atoms with E-state index in [0.717, 1.165) is 10.9 Å². The number of allylic oxidation sites excluding steroid dienone is 1. The number of Topliss-reactive ketones (excluding diaryl/α,β-unsaturated/α-hetero) is 1. The maximum atomic E-state index is 12.1. The van der Waals surface area contributed by atoms with Crippen molar-refractivity contribution in [2.45, 2.75) is 25.4 Å². The van der Waals surface area contributed by atoms with E-state index in [1.807, 2.05) is 25.1 Å². The van der Waals surface area contributed by atoms with E-state index in [-0.39, 0.29) is 11.1 Å². The largest absolute Gasteiger partial charge is 0.381 e. The van der Waals surface area contributed by atoms with E-state index in [4.69, 9.17) is 10.5 Å². The second-order valence-electron chi connectivity index (χ2n) is 5.58. The Hall–Kier alpha value is -2.96. The summed E-state index contributed by atoms with van der Waals surface area (Å²) in [5, 5.41) is 36.2. The van der Waals surface area contributed by atoms with E-state index in [9.17, 15) is 9.90 Å². The van der Waals surface area contributed by atoms with Crippen LogP contribution in [0.1, 0.15) is 24.1 Å². The highest BCUT2D eigenvalue weighted by atomic mass is 16.3. The Balaban J connectivity index is 2.24. The number of aryl methyl sites for hydroxylation is 1. The first-order valence-electron chi connectivity index (χ1n) is 6.68. The number of fused-ring (bicyclic) bond motifs is 1. The van der Waals surface area contributed by atoms with E-state index >= 15 is 0 Å². The number of hydrogen-bond acceptors (Lipinski definition) is 5. The quantitative estimate of drug-likeness (QED) is 0.612. The monoisotopic (exact) mass is 292 g/mol. The van der Waals surface area contributed by atoms with Crippen LogP contribution < -0.4 is 0 Å². The molecule has 0 saturated heterocycles. The zero-order valence-corrected chi connectivity index (χ0v) is 12.0. The van der Waals surface area contributed by atoms with Crippen LogP contribution >= 0.6 is 0 Å². The van der Waals surface area contributed by atoms with Crippen molar-refractivity contribution in [3.8, 4) is 12.1 Å². The smallest absolute Gasteiger partial charge is 0.193 e. The molecule has 1 aliphatic rings. The van der Waals surface area contributed by atoms with Crippen molar-refractivity contribution in [3.63, 3.8) is 0 Å². The summed E-state index contributed by atoms with van der Waals surface area (Å²) >= 11 is 0. The van der Waals surface area contributed by atoms with E-state index in [0.29, 0.717) is 11.2 Å². The zero-order chi connectivity index (χ0) is 16.1. The van der Waals surface area contributed by atoms with Crippen LogP contribution in [0.15, 0.2) is 29.3 Å². The molecular formula is C16H12N4O2. The molecule has 0 bridgehead atoms. The van der Waals surface area contributed by atoms with E-state index in [2.05, 4.69) is 10.2 Å². The van der Waals surface area contributed by atoms with Gasteiger partial charge in [0.05, 0.1) is 17.1 Å². The number of aliphatic hydroxyl groups is 1. The van der Waals surface area contributed by atoms with Gasteiger partial charge in [-0.15, -0.1) is 0 Å². The number of aromatic amines is 1. The summed E-state index contributed by atoms with van der Waals surface area (Å²) in [6.45, 7) is 3.32. The lowest BCUT2D eigenvalue weighted by Crippen LogP contribution is -2.55. The minimum Gasteiger partial charge on any atom is -0.381 e. The molecule has 2 N–H and O–H groups in total. The molecule has 1 heterocycles. The molecule has 1 aromatic heterocycles. The van der Waals surface area contributed by atoms with Crippen LogP contribution in [0.3, 0.4) is 0 Å². The molecule has 6 nitrogen and oxygen atoms in total. The van der Waals surface area contributed by atoms with Crippen molar-refractivity contribution in [1.82, 2.24) is 10.2 Å². The van der Waals surface area contributed by atoms with Crippen molar-refractivity contribution in [2.24, 2.45) is 0 Å². The SMILES string of the molecule is Cc1ccc2c(C3C(=C(C#N)C#N)C(=O)C3(C)O)[nH]nc2c1. The first-order valence-corrected chi connectivity index (χ1v) is 6.68. The molecule has 1 aliphatic carbocycles. The third kappa shape index (κ3) is 1.68. The van der Waals surface area contributed by atoms with Gasteiger partial charge in [-0.05, 0) is 25.5 Å². The van der Waals surface area contributed by atoms with Crippen LogP contribution in [0.2, 0.25) is 0 Å². The Bertz CT molecular complexity index is 906. The van der Waals surface area contributed by atoms with Gasteiger partial charge in [-0.2, -0.15) is 15.6 Å². The van der Waals surface area contributed by atoms with Crippen molar-refractivity contribution in [2.75, 3.05) is 0 Å². The molecule has 22 heavy (non-hydrogen) atoms. The summed E-state index contributed by atoms with van der Waals surface area (Å²) < 4.78 is 0. The first-order chi connectivity index (χ1) is 10.4. The third-order valence-electron chi connectivity index (χ3n) is 4.08. The molecular weight excluding hydrogens is 280 g/mol. The van der Waals surface area contributed by atoms with Crippen LogP contribution in [0.25, 0.3) is 10.9 Å². The third-order valence-corrected chi connectivity index (χ3v) is 4.08. The van der Waals surface area contributed by atoms with Crippen LogP contribution in [-0.2, 0) is 4.79 Å². The Morgan fingerprint density at radius 2 is 2.09 bits per heavy atom. The number of ketones is 1. The van der Waals surface area contributed by atoms with Crippen molar-refractivity contribution >= 4 is 16.7 Å².